The van der Waals surface area contributed by atoms with Gasteiger partial charge in [-0.05, 0) is 47.5 Å². The van der Waals surface area contributed by atoms with E-state index < -0.39 is 47.5 Å². The molecule has 0 radical (unpaired) electrons. The van der Waals surface area contributed by atoms with Gasteiger partial charge in [0.15, 0.2) is 5.78 Å². The lowest BCUT2D eigenvalue weighted by Gasteiger charge is -2.35. The van der Waals surface area contributed by atoms with Crippen molar-refractivity contribution >= 4 is 45.3 Å². The van der Waals surface area contributed by atoms with Gasteiger partial charge in [-0.25, -0.2) is 4.90 Å². The number of hydrogen-bond donors (Lipinski definition) is 0. The Bertz CT molecular complexity index is 1480. The molecule has 37 heavy (non-hydrogen) atoms. The van der Waals surface area contributed by atoms with Crippen LogP contribution in [-0.4, -0.2) is 28.5 Å². The molecule has 3 aliphatic heterocycles. The van der Waals surface area contributed by atoms with Crippen molar-refractivity contribution in [3.8, 4) is 0 Å². The van der Waals surface area contributed by atoms with Crippen molar-refractivity contribution in [2.75, 3.05) is 4.90 Å². The highest BCUT2D eigenvalue weighted by molar-refractivity contribution is 9.10. The topological polar surface area (TPSA) is 57.7 Å². The minimum Gasteiger partial charge on any atom is -0.358 e. The van der Waals surface area contributed by atoms with Gasteiger partial charge < -0.3 is 4.90 Å². The predicted molar refractivity (Wildman–Crippen MR) is 133 cm³/mol. The minimum atomic E-state index is -4.64. The van der Waals surface area contributed by atoms with E-state index in [0.717, 1.165) is 32.6 Å². The van der Waals surface area contributed by atoms with Gasteiger partial charge in [0.25, 0.3) is 0 Å². The van der Waals surface area contributed by atoms with Crippen LogP contribution in [-0.2, 0) is 15.8 Å². The Balaban J connectivity index is 1.48. The van der Waals surface area contributed by atoms with Crippen molar-refractivity contribution in [2.24, 2.45) is 11.8 Å². The van der Waals surface area contributed by atoms with E-state index in [-0.39, 0.29) is 11.5 Å². The Morgan fingerprint density at radius 1 is 0.865 bits per heavy atom. The fraction of sp³-hybridized carbons (Fsp3) is 0.179. The van der Waals surface area contributed by atoms with E-state index in [2.05, 4.69) is 15.9 Å². The van der Waals surface area contributed by atoms with E-state index >= 15 is 0 Å². The van der Waals surface area contributed by atoms with Crippen LogP contribution in [0, 0.1) is 11.8 Å². The van der Waals surface area contributed by atoms with Gasteiger partial charge in [-0.15, -0.1) is 0 Å². The molecule has 3 heterocycles. The summed E-state index contributed by atoms with van der Waals surface area (Å²) in [6.45, 7) is 0. The van der Waals surface area contributed by atoms with Crippen LogP contribution in [0.2, 0.25) is 0 Å². The van der Waals surface area contributed by atoms with Gasteiger partial charge in [-0.3, -0.25) is 14.4 Å². The smallest absolute Gasteiger partial charge is 0.358 e. The number of nitrogens with zero attached hydrogens (tertiary/aromatic N) is 2. The SMILES string of the molecule is O=C(c1ccc(Br)cc1)[C@H]1[C@H]2C(=O)N(c3cccc(C(F)(F)F)c3)C(=O)[C@@H]2[C@@H]2c3ccccc3C=CN12. The molecule has 3 aromatic carbocycles. The number of amides is 2. The van der Waals surface area contributed by atoms with Crippen LogP contribution in [0.15, 0.2) is 83.5 Å². The number of Topliss-reactive ketones (excluding diaryl/α,β-unsaturated/α-hetero) is 1. The fourth-order valence-corrected chi connectivity index (χ4v) is 5.98. The molecule has 3 aliphatic rings. The van der Waals surface area contributed by atoms with E-state index in [1.54, 1.807) is 35.4 Å². The van der Waals surface area contributed by atoms with Crippen molar-refractivity contribution < 1.29 is 27.6 Å². The number of fused-ring (bicyclic) bond motifs is 5. The third-order valence-corrected chi connectivity index (χ3v) is 7.82. The third kappa shape index (κ3) is 3.63. The van der Waals surface area contributed by atoms with Crippen LogP contribution >= 0.6 is 15.9 Å². The maximum atomic E-state index is 13.8. The molecule has 0 spiro atoms. The second-order valence-electron chi connectivity index (χ2n) is 9.26. The van der Waals surface area contributed by atoms with Crippen LogP contribution in [0.1, 0.15) is 33.1 Å². The van der Waals surface area contributed by atoms with Crippen LogP contribution in [0.5, 0.6) is 0 Å². The van der Waals surface area contributed by atoms with Gasteiger partial charge in [0, 0.05) is 16.2 Å². The van der Waals surface area contributed by atoms with E-state index in [1.807, 2.05) is 30.3 Å². The highest BCUT2D eigenvalue weighted by Gasteiger charge is 2.64. The molecular formula is C28H18BrF3N2O3. The summed E-state index contributed by atoms with van der Waals surface area (Å²) in [6, 6.07) is 16.7. The molecule has 5 nitrogen and oxygen atoms in total. The highest BCUT2D eigenvalue weighted by atomic mass is 79.9. The number of imide groups is 1. The predicted octanol–water partition coefficient (Wildman–Crippen LogP) is 5.87. The Morgan fingerprint density at radius 2 is 1.57 bits per heavy atom. The normalized spacial score (nSPS) is 24.2. The quantitative estimate of drug-likeness (QED) is 0.294. The van der Waals surface area contributed by atoms with E-state index in [0.29, 0.717) is 5.56 Å². The number of hydrogen-bond acceptors (Lipinski definition) is 4. The minimum absolute atomic E-state index is 0.153. The molecule has 2 amide bonds. The maximum absolute atomic E-state index is 13.8. The van der Waals surface area contributed by atoms with E-state index in [1.165, 1.54) is 12.1 Å². The van der Waals surface area contributed by atoms with Crippen molar-refractivity contribution in [1.82, 2.24) is 4.90 Å². The van der Waals surface area contributed by atoms with Crippen LogP contribution in [0.3, 0.4) is 0 Å². The Morgan fingerprint density at radius 3 is 2.30 bits per heavy atom. The first kappa shape index (κ1) is 23.7. The summed E-state index contributed by atoms with van der Waals surface area (Å²) >= 11 is 3.35. The van der Waals surface area contributed by atoms with Crippen LogP contribution in [0.4, 0.5) is 18.9 Å². The number of carbonyl (C=O) groups excluding carboxylic acids is 3. The fourth-order valence-electron chi connectivity index (χ4n) is 5.72. The maximum Gasteiger partial charge on any atom is 0.416 e. The molecule has 0 N–H and O–H groups in total. The summed E-state index contributed by atoms with van der Waals surface area (Å²) in [7, 11) is 0. The van der Waals surface area contributed by atoms with E-state index in [4.69, 9.17) is 0 Å². The summed E-state index contributed by atoms with van der Waals surface area (Å²) in [4.78, 5) is 44.1. The number of benzene rings is 3. The number of alkyl halides is 3. The van der Waals surface area contributed by atoms with Crippen molar-refractivity contribution in [2.45, 2.75) is 18.3 Å². The summed E-state index contributed by atoms with van der Waals surface area (Å²) in [5, 5.41) is 0. The first-order valence-electron chi connectivity index (χ1n) is 11.6. The zero-order valence-electron chi connectivity index (χ0n) is 19.0. The van der Waals surface area contributed by atoms with Crippen LogP contribution in [0.25, 0.3) is 6.08 Å². The van der Waals surface area contributed by atoms with Gasteiger partial charge in [0.1, 0.15) is 6.04 Å². The molecule has 0 saturated carbocycles. The highest BCUT2D eigenvalue weighted by Crippen LogP contribution is 2.53. The number of rotatable bonds is 3. The molecule has 9 heteroatoms. The lowest BCUT2D eigenvalue weighted by molar-refractivity contribution is -0.137. The summed E-state index contributed by atoms with van der Waals surface area (Å²) < 4.78 is 41.0. The Kier molecular flexibility index (Phi) is 5.38. The average molecular weight is 567 g/mol. The molecule has 6 rings (SSSR count). The van der Waals surface area contributed by atoms with Gasteiger partial charge in [-0.1, -0.05) is 58.4 Å². The zero-order valence-corrected chi connectivity index (χ0v) is 20.6. The standard InChI is InChI=1S/C28H18BrF3N2O3/c29-18-10-8-16(9-11-18)25(35)24-22-21(23-20-7-2-1-4-15(20)12-13-33(23)24)26(36)34(27(22)37)19-6-3-5-17(14-19)28(30,31)32/h1-14,21-24H/t21-,22-,23-,24+/m0/s1. The summed E-state index contributed by atoms with van der Waals surface area (Å²) in [6.07, 6.45) is -1.06. The third-order valence-electron chi connectivity index (χ3n) is 7.29. The molecule has 0 bridgehead atoms. The summed E-state index contributed by atoms with van der Waals surface area (Å²) in [5.74, 6) is -3.61. The monoisotopic (exact) mass is 566 g/mol. The van der Waals surface area contributed by atoms with Gasteiger partial charge >= 0.3 is 6.18 Å². The van der Waals surface area contributed by atoms with Gasteiger partial charge in [0.05, 0.1) is 29.1 Å². The second kappa shape index (κ2) is 8.41. The lowest BCUT2D eigenvalue weighted by Crippen LogP contribution is -2.44. The average Bonchev–Trinajstić information content (AvgIpc) is 3.36. The number of halogens is 4. The largest absolute Gasteiger partial charge is 0.416 e. The van der Waals surface area contributed by atoms with Crippen molar-refractivity contribution in [3.05, 3.63) is 106 Å². The second-order valence-corrected chi connectivity index (χ2v) is 10.2. The molecule has 2 fully saturated rings. The molecule has 3 aromatic rings. The molecule has 0 aromatic heterocycles. The van der Waals surface area contributed by atoms with Gasteiger partial charge in [-0.2, -0.15) is 13.2 Å². The van der Waals surface area contributed by atoms with Crippen molar-refractivity contribution in [1.29, 1.82) is 0 Å². The Labute approximate surface area is 218 Å². The number of anilines is 1. The number of ketones is 1. The Hall–Kier alpha value is -3.72. The lowest BCUT2D eigenvalue weighted by atomic mass is 9.83. The summed E-state index contributed by atoms with van der Waals surface area (Å²) in [5.41, 5.74) is 0.908. The molecule has 0 aliphatic carbocycles. The molecule has 186 valence electrons. The number of carbonyl (C=O) groups is 3. The van der Waals surface area contributed by atoms with Gasteiger partial charge in [0.2, 0.25) is 11.8 Å². The van der Waals surface area contributed by atoms with E-state index in [9.17, 15) is 27.6 Å². The molecule has 0 unspecified atom stereocenters. The first-order valence-corrected chi connectivity index (χ1v) is 12.4. The zero-order chi connectivity index (χ0) is 26.1. The molecular weight excluding hydrogens is 549 g/mol. The van der Waals surface area contributed by atoms with Crippen molar-refractivity contribution in [3.63, 3.8) is 0 Å². The molecule has 2 saturated heterocycles. The molecule has 4 atom stereocenters. The van der Waals surface area contributed by atoms with Crippen LogP contribution < -0.4 is 4.90 Å². The first-order chi connectivity index (χ1) is 17.7.